The van der Waals surface area contributed by atoms with E-state index >= 15 is 0 Å². The van der Waals surface area contributed by atoms with Gasteiger partial charge in [0.25, 0.3) is 0 Å². The number of Topliss-reactive ketones (excluding diaryl/α,β-unsaturated/α-hetero) is 1. The molecule has 0 aliphatic heterocycles. The first-order chi connectivity index (χ1) is 18.7. The van der Waals surface area contributed by atoms with Crippen molar-refractivity contribution < 1.29 is 41.3 Å². The van der Waals surface area contributed by atoms with Gasteiger partial charge in [0.1, 0.15) is 18.2 Å². The molecule has 1 fully saturated rings. The van der Waals surface area contributed by atoms with E-state index in [1.807, 2.05) is 0 Å². The predicted octanol–water partition coefficient (Wildman–Crippen LogP) is 6.03. The van der Waals surface area contributed by atoms with Gasteiger partial charge < -0.3 is 14.6 Å². The largest absolute Gasteiger partial charge is 0.475 e. The SMILES string of the molecule is CC(=O)[C@H]1[C@@H]2Cc3cc(OCc4cc(-c5cnc(OCCC(C)(C)O)c(F)c5)c(C(F)(F)F)cc4F)ncc3[C@@H]21. The molecule has 0 radical (unpaired) electrons. The highest BCUT2D eigenvalue weighted by atomic mass is 19.4. The second-order valence-corrected chi connectivity index (χ2v) is 10.9. The van der Waals surface area contributed by atoms with Crippen LogP contribution in [0.25, 0.3) is 11.1 Å². The van der Waals surface area contributed by atoms with Crippen LogP contribution in [-0.4, -0.2) is 33.1 Å². The number of aromatic nitrogens is 2. The zero-order chi connectivity index (χ0) is 29.0. The van der Waals surface area contributed by atoms with E-state index < -0.39 is 47.0 Å². The zero-order valence-electron chi connectivity index (χ0n) is 22.0. The fraction of sp³-hybridized carbons (Fsp3) is 0.414. The van der Waals surface area contributed by atoms with Crippen LogP contribution < -0.4 is 9.47 Å². The lowest BCUT2D eigenvalue weighted by molar-refractivity contribution is -0.137. The molecule has 5 rings (SSSR count). The molecule has 40 heavy (non-hydrogen) atoms. The van der Waals surface area contributed by atoms with Crippen molar-refractivity contribution in [3.63, 3.8) is 0 Å². The van der Waals surface area contributed by atoms with E-state index in [0.29, 0.717) is 12.5 Å². The van der Waals surface area contributed by atoms with Crippen LogP contribution in [-0.2, 0) is 24.0 Å². The number of nitrogens with zero attached hydrogens (tertiary/aromatic N) is 2. The Morgan fingerprint density at radius 3 is 2.45 bits per heavy atom. The summed E-state index contributed by atoms with van der Waals surface area (Å²) in [4.78, 5) is 19.8. The minimum Gasteiger partial charge on any atom is -0.475 e. The summed E-state index contributed by atoms with van der Waals surface area (Å²) < 4.78 is 81.7. The number of hydrogen-bond acceptors (Lipinski definition) is 6. The van der Waals surface area contributed by atoms with Gasteiger partial charge in [0.05, 0.1) is 17.8 Å². The first-order valence-electron chi connectivity index (χ1n) is 12.8. The van der Waals surface area contributed by atoms with E-state index in [1.165, 1.54) is 0 Å². The van der Waals surface area contributed by atoms with Crippen molar-refractivity contribution in [1.82, 2.24) is 9.97 Å². The average molecular weight is 563 g/mol. The van der Waals surface area contributed by atoms with Crippen molar-refractivity contribution >= 4 is 5.78 Å². The van der Waals surface area contributed by atoms with Gasteiger partial charge in [-0.3, -0.25) is 4.79 Å². The fourth-order valence-corrected chi connectivity index (χ4v) is 5.33. The number of alkyl halides is 3. The van der Waals surface area contributed by atoms with E-state index in [1.54, 1.807) is 33.0 Å². The molecule has 212 valence electrons. The van der Waals surface area contributed by atoms with E-state index in [-0.39, 0.29) is 53.6 Å². The van der Waals surface area contributed by atoms with Gasteiger partial charge in [-0.25, -0.2) is 18.7 Å². The Hall–Kier alpha value is -3.60. The minimum atomic E-state index is -4.92. The molecular formula is C29H27F5N2O4. The van der Waals surface area contributed by atoms with Crippen LogP contribution in [0.1, 0.15) is 55.4 Å². The number of aliphatic hydroxyl groups is 1. The molecule has 1 N–H and O–H groups in total. The van der Waals surface area contributed by atoms with E-state index in [9.17, 15) is 31.9 Å². The molecular weight excluding hydrogens is 535 g/mol. The number of rotatable bonds is 9. The van der Waals surface area contributed by atoms with Gasteiger partial charge in [-0.2, -0.15) is 13.2 Å². The van der Waals surface area contributed by atoms with Crippen LogP contribution in [0.2, 0.25) is 0 Å². The number of hydrogen-bond donors (Lipinski definition) is 1. The van der Waals surface area contributed by atoms with Crippen LogP contribution in [0.4, 0.5) is 22.0 Å². The highest BCUT2D eigenvalue weighted by Crippen LogP contribution is 2.61. The standard InChI is InChI=1S/C29H27F5N2O4/c1-14(37)25-19-6-15-9-24(35-12-20(15)26(19)25)40-13-17-7-18(21(10-22(17)30)29(32,33)34)16-8-23(31)27(36-11-16)39-5-4-28(2,3)38/h7-12,19,25-26,38H,4-6,13H2,1-3H3/t19-,25-,26+/m0/s1. The molecule has 0 unspecified atom stereocenters. The second kappa shape index (κ2) is 10.1. The number of carbonyl (C=O) groups is 1. The maximum Gasteiger partial charge on any atom is 0.417 e. The molecule has 2 aromatic heterocycles. The lowest BCUT2D eigenvalue weighted by Gasteiger charge is -2.18. The van der Waals surface area contributed by atoms with Gasteiger partial charge in [0.15, 0.2) is 5.82 Å². The van der Waals surface area contributed by atoms with E-state index in [4.69, 9.17) is 9.47 Å². The van der Waals surface area contributed by atoms with Gasteiger partial charge in [-0.15, -0.1) is 0 Å². The highest BCUT2D eigenvalue weighted by molar-refractivity contribution is 5.84. The molecule has 2 heterocycles. The van der Waals surface area contributed by atoms with Crippen LogP contribution >= 0.6 is 0 Å². The van der Waals surface area contributed by atoms with Crippen molar-refractivity contribution in [1.29, 1.82) is 0 Å². The summed E-state index contributed by atoms with van der Waals surface area (Å²) in [5.41, 5.74) is -1.26. The molecule has 3 aromatic rings. The third-order valence-electron chi connectivity index (χ3n) is 7.39. The molecule has 2 aliphatic carbocycles. The van der Waals surface area contributed by atoms with Gasteiger partial charge in [0, 0.05) is 41.9 Å². The fourth-order valence-electron chi connectivity index (χ4n) is 5.33. The number of pyridine rings is 2. The van der Waals surface area contributed by atoms with Gasteiger partial charge in [0.2, 0.25) is 11.8 Å². The monoisotopic (exact) mass is 562 g/mol. The molecule has 3 atom stereocenters. The van der Waals surface area contributed by atoms with Crippen molar-refractivity contribution in [2.45, 2.75) is 57.9 Å². The summed E-state index contributed by atoms with van der Waals surface area (Å²) in [6, 6.07) is 3.85. The molecule has 0 saturated heterocycles. The van der Waals surface area contributed by atoms with Crippen LogP contribution in [0.3, 0.4) is 0 Å². The average Bonchev–Trinajstić information content (AvgIpc) is 3.45. The Morgan fingerprint density at radius 1 is 1.05 bits per heavy atom. The molecule has 1 saturated carbocycles. The Labute approximate surface area is 227 Å². The summed E-state index contributed by atoms with van der Waals surface area (Å²) in [5, 5.41) is 9.75. The Balaban J connectivity index is 1.36. The Morgan fingerprint density at radius 2 is 1.80 bits per heavy atom. The van der Waals surface area contributed by atoms with Gasteiger partial charge in [-0.1, -0.05) is 0 Å². The first kappa shape index (κ1) is 27.9. The number of halogens is 5. The molecule has 11 heteroatoms. The Bertz CT molecular complexity index is 1470. The molecule has 0 amide bonds. The van der Waals surface area contributed by atoms with Gasteiger partial charge >= 0.3 is 6.18 Å². The van der Waals surface area contributed by atoms with Crippen molar-refractivity contribution in [3.8, 4) is 22.9 Å². The van der Waals surface area contributed by atoms with Crippen molar-refractivity contribution in [2.75, 3.05) is 6.61 Å². The summed E-state index contributed by atoms with van der Waals surface area (Å²) in [7, 11) is 0. The molecule has 1 aromatic carbocycles. The van der Waals surface area contributed by atoms with Gasteiger partial charge in [-0.05, 0) is 73.9 Å². The quantitative estimate of drug-likeness (QED) is 0.321. The van der Waals surface area contributed by atoms with E-state index in [2.05, 4.69) is 9.97 Å². The first-order valence-corrected chi connectivity index (χ1v) is 12.8. The van der Waals surface area contributed by atoms with Crippen molar-refractivity contribution in [3.05, 3.63) is 70.5 Å². The van der Waals surface area contributed by atoms with Crippen LogP contribution in [0.15, 0.2) is 36.7 Å². The number of carbonyl (C=O) groups excluding carboxylic acids is 1. The molecule has 0 spiro atoms. The number of benzene rings is 1. The zero-order valence-corrected chi connectivity index (χ0v) is 22.0. The van der Waals surface area contributed by atoms with E-state index in [0.717, 1.165) is 29.5 Å². The topological polar surface area (TPSA) is 81.5 Å². The minimum absolute atomic E-state index is 0.0216. The third kappa shape index (κ3) is 5.65. The molecule has 2 aliphatic rings. The summed E-state index contributed by atoms with van der Waals surface area (Å²) >= 11 is 0. The lowest BCUT2D eigenvalue weighted by atomic mass is 9.97. The summed E-state index contributed by atoms with van der Waals surface area (Å²) in [6.07, 6.45) is -1.40. The predicted molar refractivity (Wildman–Crippen MR) is 134 cm³/mol. The number of ether oxygens (including phenoxy) is 2. The van der Waals surface area contributed by atoms with Crippen LogP contribution in [0.5, 0.6) is 11.8 Å². The maximum atomic E-state index is 14.8. The Kier molecular flexibility index (Phi) is 7.06. The molecule has 6 nitrogen and oxygen atoms in total. The second-order valence-electron chi connectivity index (χ2n) is 10.9. The van der Waals surface area contributed by atoms with Crippen LogP contribution in [0, 0.1) is 23.5 Å². The smallest absolute Gasteiger partial charge is 0.417 e. The maximum absolute atomic E-state index is 14.8. The molecule has 0 bridgehead atoms. The number of ketones is 1. The lowest BCUT2D eigenvalue weighted by Crippen LogP contribution is -2.22. The number of fused-ring (bicyclic) bond motifs is 3. The summed E-state index contributed by atoms with van der Waals surface area (Å²) in [6.45, 7) is 4.19. The summed E-state index contributed by atoms with van der Waals surface area (Å²) in [5.74, 6) is -1.80. The highest BCUT2D eigenvalue weighted by Gasteiger charge is 2.58. The normalized spacial score (nSPS) is 19.7. The van der Waals surface area contributed by atoms with Crippen molar-refractivity contribution in [2.24, 2.45) is 11.8 Å². The third-order valence-corrected chi connectivity index (χ3v) is 7.39.